The van der Waals surface area contributed by atoms with Crippen molar-refractivity contribution in [3.05, 3.63) is 35.4 Å². The minimum atomic E-state index is 0.188. The molecule has 0 spiro atoms. The van der Waals surface area contributed by atoms with Crippen LogP contribution in [-0.2, 0) is 0 Å². The average molecular weight is 277 g/mol. The summed E-state index contributed by atoms with van der Waals surface area (Å²) < 4.78 is 0. The van der Waals surface area contributed by atoms with Crippen molar-refractivity contribution in [1.82, 2.24) is 0 Å². The van der Waals surface area contributed by atoms with E-state index in [4.69, 9.17) is 5.73 Å². The van der Waals surface area contributed by atoms with Gasteiger partial charge < -0.3 is 5.73 Å². The zero-order valence-corrected chi connectivity index (χ0v) is 13.1. The van der Waals surface area contributed by atoms with Gasteiger partial charge in [-0.3, -0.25) is 0 Å². The summed E-state index contributed by atoms with van der Waals surface area (Å²) in [5, 5.41) is 0.856. The van der Waals surface area contributed by atoms with Gasteiger partial charge >= 0.3 is 0 Å². The Balaban J connectivity index is 1.83. The van der Waals surface area contributed by atoms with Gasteiger partial charge in [-0.2, -0.15) is 11.8 Å². The summed E-state index contributed by atoms with van der Waals surface area (Å²) in [5.41, 5.74) is 9.00. The minimum absolute atomic E-state index is 0.188. The molecule has 1 aromatic carbocycles. The molecule has 0 bridgehead atoms. The van der Waals surface area contributed by atoms with E-state index >= 15 is 0 Å². The topological polar surface area (TPSA) is 26.0 Å². The van der Waals surface area contributed by atoms with Crippen LogP contribution in [0.1, 0.15) is 69.0 Å². The van der Waals surface area contributed by atoms with E-state index in [1.165, 1.54) is 43.2 Å². The Kier molecular flexibility index (Phi) is 5.77. The quantitative estimate of drug-likeness (QED) is 0.830. The first-order valence-corrected chi connectivity index (χ1v) is 8.68. The molecule has 0 amide bonds. The highest BCUT2D eigenvalue weighted by molar-refractivity contribution is 7.99. The Morgan fingerprint density at radius 3 is 2.21 bits per heavy atom. The second-order valence-corrected chi connectivity index (χ2v) is 7.35. The van der Waals surface area contributed by atoms with E-state index in [1.807, 2.05) is 0 Å². The highest BCUT2D eigenvalue weighted by Gasteiger charge is 2.15. The van der Waals surface area contributed by atoms with Crippen LogP contribution in [0, 0.1) is 0 Å². The predicted molar refractivity (Wildman–Crippen MR) is 86.8 cm³/mol. The standard InChI is InChI=1S/C17H27NS/c1-13(2)14-8-10-15(11-9-14)17(18)12-19-16-6-4-3-5-7-16/h8-11,13,16-17H,3-7,12,18H2,1-2H3. The van der Waals surface area contributed by atoms with Gasteiger partial charge in [0, 0.05) is 17.0 Å². The molecule has 1 fully saturated rings. The Labute approximate surface area is 122 Å². The normalized spacial score (nSPS) is 18.7. The van der Waals surface area contributed by atoms with Crippen LogP contribution in [0.2, 0.25) is 0 Å². The Bertz CT molecular complexity index is 365. The molecule has 2 heteroatoms. The van der Waals surface area contributed by atoms with Gasteiger partial charge in [0.25, 0.3) is 0 Å². The van der Waals surface area contributed by atoms with E-state index in [2.05, 4.69) is 49.9 Å². The lowest BCUT2D eigenvalue weighted by Crippen LogP contribution is -2.17. The van der Waals surface area contributed by atoms with Crippen molar-refractivity contribution in [2.45, 2.75) is 63.2 Å². The molecular formula is C17H27NS. The first kappa shape index (κ1) is 14.9. The molecule has 2 rings (SSSR count). The zero-order chi connectivity index (χ0) is 13.7. The van der Waals surface area contributed by atoms with Crippen molar-refractivity contribution in [3.8, 4) is 0 Å². The Hall–Kier alpha value is -0.470. The number of hydrogen-bond donors (Lipinski definition) is 1. The fourth-order valence-corrected chi connectivity index (χ4v) is 4.03. The summed E-state index contributed by atoms with van der Waals surface area (Å²) in [7, 11) is 0. The third-order valence-electron chi connectivity index (χ3n) is 4.09. The first-order valence-electron chi connectivity index (χ1n) is 7.64. The number of hydrogen-bond acceptors (Lipinski definition) is 2. The fraction of sp³-hybridized carbons (Fsp3) is 0.647. The van der Waals surface area contributed by atoms with Gasteiger partial charge in [-0.15, -0.1) is 0 Å². The molecule has 2 N–H and O–H groups in total. The smallest absolute Gasteiger partial charge is 0.0386 e. The Morgan fingerprint density at radius 1 is 1.05 bits per heavy atom. The number of thioether (sulfide) groups is 1. The van der Waals surface area contributed by atoms with E-state index in [0.717, 1.165) is 11.0 Å². The molecule has 1 aromatic rings. The lowest BCUT2D eigenvalue weighted by molar-refractivity contribution is 0.515. The largest absolute Gasteiger partial charge is 0.323 e. The van der Waals surface area contributed by atoms with Crippen LogP contribution < -0.4 is 5.73 Å². The maximum absolute atomic E-state index is 6.32. The summed E-state index contributed by atoms with van der Waals surface area (Å²) in [6.07, 6.45) is 7.04. The zero-order valence-electron chi connectivity index (χ0n) is 12.3. The molecule has 1 unspecified atom stereocenters. The second kappa shape index (κ2) is 7.35. The summed E-state index contributed by atoms with van der Waals surface area (Å²) in [4.78, 5) is 0. The third-order valence-corrected chi connectivity index (χ3v) is 5.59. The van der Waals surface area contributed by atoms with Crippen LogP contribution in [0.5, 0.6) is 0 Å². The molecule has 0 heterocycles. The molecule has 1 aliphatic rings. The van der Waals surface area contributed by atoms with Crippen LogP contribution in [0.15, 0.2) is 24.3 Å². The summed E-state index contributed by atoms with van der Waals surface area (Å²) in [6.45, 7) is 4.46. The minimum Gasteiger partial charge on any atom is -0.323 e. The highest BCUT2D eigenvalue weighted by atomic mass is 32.2. The van der Waals surface area contributed by atoms with E-state index in [9.17, 15) is 0 Å². The molecule has 19 heavy (non-hydrogen) atoms. The summed E-state index contributed by atoms with van der Waals surface area (Å²) in [6, 6.07) is 9.06. The van der Waals surface area contributed by atoms with Crippen molar-refractivity contribution < 1.29 is 0 Å². The second-order valence-electron chi connectivity index (χ2n) is 6.02. The van der Waals surface area contributed by atoms with Crippen LogP contribution in [0.25, 0.3) is 0 Å². The number of benzene rings is 1. The van der Waals surface area contributed by atoms with Crippen LogP contribution >= 0.6 is 11.8 Å². The lowest BCUT2D eigenvalue weighted by atomic mass is 10.00. The van der Waals surface area contributed by atoms with Gasteiger partial charge in [-0.05, 0) is 29.9 Å². The van der Waals surface area contributed by atoms with E-state index < -0.39 is 0 Å². The van der Waals surface area contributed by atoms with Gasteiger partial charge in [0.2, 0.25) is 0 Å². The Morgan fingerprint density at radius 2 is 1.63 bits per heavy atom. The van der Waals surface area contributed by atoms with Gasteiger partial charge in [0.15, 0.2) is 0 Å². The first-order chi connectivity index (χ1) is 9.16. The molecule has 1 atom stereocenters. The highest BCUT2D eigenvalue weighted by Crippen LogP contribution is 2.30. The van der Waals surface area contributed by atoms with E-state index in [-0.39, 0.29) is 6.04 Å². The molecule has 0 radical (unpaired) electrons. The van der Waals surface area contributed by atoms with Crippen molar-refractivity contribution >= 4 is 11.8 Å². The van der Waals surface area contributed by atoms with Crippen molar-refractivity contribution in [2.24, 2.45) is 5.73 Å². The molecule has 1 nitrogen and oxygen atoms in total. The van der Waals surface area contributed by atoms with Crippen LogP contribution in [0.3, 0.4) is 0 Å². The van der Waals surface area contributed by atoms with Crippen molar-refractivity contribution in [1.29, 1.82) is 0 Å². The van der Waals surface area contributed by atoms with Crippen LogP contribution in [0.4, 0.5) is 0 Å². The number of nitrogens with two attached hydrogens (primary N) is 1. The van der Waals surface area contributed by atoms with E-state index in [1.54, 1.807) is 0 Å². The van der Waals surface area contributed by atoms with Gasteiger partial charge in [-0.25, -0.2) is 0 Å². The van der Waals surface area contributed by atoms with Crippen LogP contribution in [-0.4, -0.2) is 11.0 Å². The predicted octanol–water partition coefficient (Wildman–Crippen LogP) is 4.88. The molecule has 1 aliphatic carbocycles. The summed E-state index contributed by atoms with van der Waals surface area (Å²) >= 11 is 2.09. The molecule has 1 saturated carbocycles. The van der Waals surface area contributed by atoms with Crippen molar-refractivity contribution in [3.63, 3.8) is 0 Å². The molecule has 0 aromatic heterocycles. The van der Waals surface area contributed by atoms with Gasteiger partial charge in [0.05, 0.1) is 0 Å². The third kappa shape index (κ3) is 4.54. The molecule has 0 aliphatic heterocycles. The van der Waals surface area contributed by atoms with E-state index in [0.29, 0.717) is 5.92 Å². The molecule has 106 valence electrons. The average Bonchev–Trinajstić information content (AvgIpc) is 2.46. The maximum atomic E-state index is 6.32. The maximum Gasteiger partial charge on any atom is 0.0386 e. The molecular weight excluding hydrogens is 250 g/mol. The van der Waals surface area contributed by atoms with Gasteiger partial charge in [-0.1, -0.05) is 57.4 Å². The monoisotopic (exact) mass is 277 g/mol. The summed E-state index contributed by atoms with van der Waals surface area (Å²) in [5.74, 6) is 1.66. The molecule has 0 saturated heterocycles. The van der Waals surface area contributed by atoms with Gasteiger partial charge in [0.1, 0.15) is 0 Å². The van der Waals surface area contributed by atoms with Crippen molar-refractivity contribution in [2.75, 3.05) is 5.75 Å². The SMILES string of the molecule is CC(C)c1ccc(C(N)CSC2CCCCC2)cc1. The fourth-order valence-electron chi connectivity index (χ4n) is 2.70. The number of rotatable bonds is 5. The lowest BCUT2D eigenvalue weighted by Gasteiger charge is -2.22.